The molecule has 0 atom stereocenters. The normalized spacial score (nSPS) is 11.7. The fourth-order valence-corrected chi connectivity index (χ4v) is 2.95. The number of thioether (sulfide) groups is 1. The van der Waals surface area contributed by atoms with Crippen molar-refractivity contribution in [3.05, 3.63) is 29.6 Å². The zero-order valence-electron chi connectivity index (χ0n) is 10.1. The summed E-state index contributed by atoms with van der Waals surface area (Å²) in [7, 11) is -3.77. The Hall–Kier alpha value is -0.630. The maximum absolute atomic E-state index is 13.6. The Morgan fingerprint density at radius 1 is 1.44 bits per heavy atom. The van der Waals surface area contributed by atoms with Crippen molar-refractivity contribution in [3.8, 4) is 0 Å². The molecule has 0 spiro atoms. The van der Waals surface area contributed by atoms with E-state index in [9.17, 15) is 12.8 Å². The van der Waals surface area contributed by atoms with Gasteiger partial charge in [-0.25, -0.2) is 17.5 Å². The molecule has 0 unspecified atom stereocenters. The summed E-state index contributed by atoms with van der Waals surface area (Å²) >= 11 is 1.63. The van der Waals surface area contributed by atoms with E-state index in [4.69, 9.17) is 5.73 Å². The van der Waals surface area contributed by atoms with Crippen LogP contribution in [0.25, 0.3) is 0 Å². The van der Waals surface area contributed by atoms with Crippen LogP contribution in [0.4, 0.5) is 4.39 Å². The molecule has 0 saturated heterocycles. The van der Waals surface area contributed by atoms with E-state index < -0.39 is 15.8 Å². The molecule has 0 radical (unpaired) electrons. The standard InChI is InChI=1S/C11H17FN2O2S2/c1-17-6-2-5-14-18(15,16)11-4-3-9(8-13)7-10(11)12/h3-4,7,14H,2,5-6,8,13H2,1H3. The molecule has 1 aromatic carbocycles. The predicted octanol–water partition coefficient (Wildman–Crippen LogP) is 1.32. The number of halogens is 1. The van der Waals surface area contributed by atoms with Crippen LogP contribution in [0.15, 0.2) is 23.1 Å². The minimum absolute atomic E-state index is 0.179. The highest BCUT2D eigenvalue weighted by Gasteiger charge is 2.18. The van der Waals surface area contributed by atoms with Gasteiger partial charge in [-0.15, -0.1) is 0 Å². The highest BCUT2D eigenvalue weighted by atomic mass is 32.2. The fourth-order valence-electron chi connectivity index (χ4n) is 1.39. The summed E-state index contributed by atoms with van der Waals surface area (Å²) < 4.78 is 39.7. The first-order chi connectivity index (χ1) is 8.51. The van der Waals surface area contributed by atoms with Crippen LogP contribution in [0, 0.1) is 5.82 Å². The van der Waals surface area contributed by atoms with Crippen molar-refractivity contribution in [1.82, 2.24) is 4.72 Å². The molecule has 102 valence electrons. The van der Waals surface area contributed by atoms with Gasteiger partial charge < -0.3 is 5.73 Å². The van der Waals surface area contributed by atoms with Gasteiger partial charge in [-0.1, -0.05) is 6.07 Å². The number of hydrogen-bond donors (Lipinski definition) is 2. The SMILES string of the molecule is CSCCCNS(=O)(=O)c1ccc(CN)cc1F. The van der Waals surface area contributed by atoms with Gasteiger partial charge in [-0.3, -0.25) is 0 Å². The largest absolute Gasteiger partial charge is 0.326 e. The average molecular weight is 292 g/mol. The molecular weight excluding hydrogens is 275 g/mol. The number of sulfonamides is 1. The van der Waals surface area contributed by atoms with Crippen LogP contribution in [0.5, 0.6) is 0 Å². The van der Waals surface area contributed by atoms with Crippen LogP contribution < -0.4 is 10.5 Å². The van der Waals surface area contributed by atoms with Gasteiger partial charge in [0.1, 0.15) is 10.7 Å². The van der Waals surface area contributed by atoms with Crippen LogP contribution in [0.3, 0.4) is 0 Å². The average Bonchev–Trinajstić information content (AvgIpc) is 2.34. The summed E-state index contributed by atoms with van der Waals surface area (Å²) in [5, 5.41) is 0. The van der Waals surface area contributed by atoms with E-state index in [1.54, 1.807) is 11.8 Å². The minimum Gasteiger partial charge on any atom is -0.326 e. The fraction of sp³-hybridized carbons (Fsp3) is 0.455. The maximum atomic E-state index is 13.6. The van der Waals surface area contributed by atoms with Gasteiger partial charge in [0, 0.05) is 13.1 Å². The van der Waals surface area contributed by atoms with Crippen molar-refractivity contribution >= 4 is 21.8 Å². The second-order valence-corrected chi connectivity index (χ2v) is 6.43. The molecule has 18 heavy (non-hydrogen) atoms. The third kappa shape index (κ3) is 4.24. The Bertz CT molecular complexity index is 492. The maximum Gasteiger partial charge on any atom is 0.243 e. The zero-order chi connectivity index (χ0) is 13.6. The Morgan fingerprint density at radius 3 is 2.72 bits per heavy atom. The summed E-state index contributed by atoms with van der Waals surface area (Å²) in [6.07, 6.45) is 2.66. The summed E-state index contributed by atoms with van der Waals surface area (Å²) in [5.74, 6) is 0.0900. The van der Waals surface area contributed by atoms with Crippen molar-refractivity contribution in [2.45, 2.75) is 17.9 Å². The van der Waals surface area contributed by atoms with Crippen LogP contribution in [-0.4, -0.2) is 27.0 Å². The van der Waals surface area contributed by atoms with Gasteiger partial charge in [-0.2, -0.15) is 11.8 Å². The summed E-state index contributed by atoms with van der Waals surface area (Å²) in [4.78, 5) is -0.330. The number of nitrogens with two attached hydrogens (primary N) is 1. The van der Waals surface area contributed by atoms with Crippen LogP contribution >= 0.6 is 11.8 Å². The topological polar surface area (TPSA) is 72.2 Å². The van der Waals surface area contributed by atoms with E-state index in [-0.39, 0.29) is 11.4 Å². The molecule has 0 heterocycles. The minimum atomic E-state index is -3.77. The van der Waals surface area contributed by atoms with E-state index in [2.05, 4.69) is 4.72 Å². The lowest BCUT2D eigenvalue weighted by atomic mass is 10.2. The summed E-state index contributed by atoms with van der Waals surface area (Å²) in [5.41, 5.74) is 5.92. The Labute approximate surface area is 111 Å². The lowest BCUT2D eigenvalue weighted by Crippen LogP contribution is -2.26. The molecule has 1 rings (SSSR count). The molecule has 0 aliphatic carbocycles. The number of hydrogen-bond acceptors (Lipinski definition) is 4. The highest BCUT2D eigenvalue weighted by molar-refractivity contribution is 7.98. The monoisotopic (exact) mass is 292 g/mol. The van der Waals surface area contributed by atoms with Gasteiger partial charge in [0.05, 0.1) is 0 Å². The lowest BCUT2D eigenvalue weighted by molar-refractivity contribution is 0.556. The third-order valence-corrected chi connectivity index (χ3v) is 4.53. The van der Waals surface area contributed by atoms with E-state index in [1.165, 1.54) is 12.1 Å². The van der Waals surface area contributed by atoms with Gasteiger partial charge in [-0.05, 0) is 36.1 Å². The molecular formula is C11H17FN2O2S2. The first-order valence-corrected chi connectivity index (χ1v) is 8.36. The van der Waals surface area contributed by atoms with Crippen molar-refractivity contribution in [1.29, 1.82) is 0 Å². The molecule has 0 aliphatic heterocycles. The Balaban J connectivity index is 2.78. The molecule has 7 heteroatoms. The number of nitrogens with one attached hydrogen (secondary N) is 1. The second kappa shape index (κ2) is 7.08. The van der Waals surface area contributed by atoms with E-state index in [0.29, 0.717) is 18.5 Å². The van der Waals surface area contributed by atoms with Gasteiger partial charge >= 0.3 is 0 Å². The van der Waals surface area contributed by atoms with Crippen LogP contribution in [0.1, 0.15) is 12.0 Å². The lowest BCUT2D eigenvalue weighted by Gasteiger charge is -2.08. The first-order valence-electron chi connectivity index (χ1n) is 5.48. The number of rotatable bonds is 7. The first kappa shape index (κ1) is 15.4. The van der Waals surface area contributed by atoms with Gasteiger partial charge in [0.25, 0.3) is 0 Å². The molecule has 0 amide bonds. The smallest absolute Gasteiger partial charge is 0.243 e. The molecule has 0 aromatic heterocycles. The Kier molecular flexibility index (Phi) is 6.07. The summed E-state index contributed by atoms with van der Waals surface area (Å²) in [6.45, 7) is 0.486. The van der Waals surface area contributed by atoms with Crippen molar-refractivity contribution in [3.63, 3.8) is 0 Å². The second-order valence-electron chi connectivity index (χ2n) is 3.71. The van der Waals surface area contributed by atoms with Crippen molar-refractivity contribution < 1.29 is 12.8 Å². The van der Waals surface area contributed by atoms with E-state index in [0.717, 1.165) is 11.8 Å². The van der Waals surface area contributed by atoms with E-state index >= 15 is 0 Å². The third-order valence-electron chi connectivity index (χ3n) is 2.34. The summed E-state index contributed by atoms with van der Waals surface area (Å²) in [6, 6.07) is 3.91. The van der Waals surface area contributed by atoms with Crippen molar-refractivity contribution in [2.24, 2.45) is 5.73 Å². The predicted molar refractivity (Wildman–Crippen MR) is 72.5 cm³/mol. The molecule has 0 saturated carbocycles. The van der Waals surface area contributed by atoms with Crippen molar-refractivity contribution in [2.75, 3.05) is 18.6 Å². The van der Waals surface area contributed by atoms with Crippen LogP contribution in [0.2, 0.25) is 0 Å². The van der Waals surface area contributed by atoms with Crippen LogP contribution in [-0.2, 0) is 16.6 Å². The molecule has 3 N–H and O–H groups in total. The van der Waals surface area contributed by atoms with Gasteiger partial charge in [0.2, 0.25) is 10.0 Å². The molecule has 4 nitrogen and oxygen atoms in total. The molecule has 1 aromatic rings. The van der Waals surface area contributed by atoms with E-state index in [1.807, 2.05) is 6.26 Å². The zero-order valence-corrected chi connectivity index (χ0v) is 11.8. The quantitative estimate of drug-likeness (QED) is 0.743. The molecule has 0 fully saturated rings. The van der Waals surface area contributed by atoms with Gasteiger partial charge in [0.15, 0.2) is 0 Å². The number of benzene rings is 1. The Morgan fingerprint density at radius 2 is 2.17 bits per heavy atom. The highest BCUT2D eigenvalue weighted by Crippen LogP contribution is 2.15. The molecule has 0 aliphatic rings. The molecule has 0 bridgehead atoms.